The number of hydrogen-bond acceptors (Lipinski definition) is 3. The van der Waals surface area contributed by atoms with Crippen LogP contribution in [0.25, 0.3) is 0 Å². The molecular formula is C11H22N4O3S. The van der Waals surface area contributed by atoms with Crippen molar-refractivity contribution in [3.63, 3.8) is 0 Å². The topological polar surface area (TPSA) is 95.7 Å². The van der Waals surface area contributed by atoms with E-state index in [1.807, 2.05) is 0 Å². The third kappa shape index (κ3) is 4.05. The van der Waals surface area contributed by atoms with Crippen LogP contribution in [0.3, 0.4) is 0 Å². The van der Waals surface area contributed by atoms with Crippen LogP contribution in [-0.2, 0) is 10.2 Å². The van der Waals surface area contributed by atoms with E-state index in [2.05, 4.69) is 5.32 Å². The van der Waals surface area contributed by atoms with Gasteiger partial charge in [-0.15, -0.1) is 0 Å². The van der Waals surface area contributed by atoms with Gasteiger partial charge in [0.2, 0.25) is 0 Å². The van der Waals surface area contributed by atoms with Crippen LogP contribution in [0.5, 0.6) is 0 Å². The van der Waals surface area contributed by atoms with E-state index in [9.17, 15) is 13.2 Å². The van der Waals surface area contributed by atoms with E-state index in [-0.39, 0.29) is 25.2 Å². The summed E-state index contributed by atoms with van der Waals surface area (Å²) in [6.45, 7) is 1.35. The number of rotatable bonds is 2. The number of piperazine rings is 1. The maximum absolute atomic E-state index is 12.0. The molecule has 0 aromatic carbocycles. The number of hydrogen-bond donors (Lipinski definition) is 2. The van der Waals surface area contributed by atoms with Crippen LogP contribution in [0, 0.1) is 0 Å². The van der Waals surface area contributed by atoms with Crippen LogP contribution in [0.15, 0.2) is 0 Å². The molecule has 2 amide bonds. The quantitative estimate of drug-likeness (QED) is 0.740. The molecule has 0 atom stereocenters. The van der Waals surface area contributed by atoms with E-state index in [4.69, 9.17) is 5.14 Å². The molecule has 2 rings (SSSR count). The minimum Gasteiger partial charge on any atom is -0.335 e. The SMILES string of the molecule is NS(=O)(=O)N1CCN(C(=O)NC2CCCCC2)CC1. The van der Waals surface area contributed by atoms with Crippen LogP contribution < -0.4 is 10.5 Å². The Labute approximate surface area is 114 Å². The number of urea groups is 1. The van der Waals surface area contributed by atoms with Gasteiger partial charge in [-0.1, -0.05) is 19.3 Å². The Balaban J connectivity index is 1.79. The number of nitrogens with one attached hydrogen (secondary N) is 1. The molecule has 7 nitrogen and oxygen atoms in total. The summed E-state index contributed by atoms with van der Waals surface area (Å²) in [4.78, 5) is 13.7. The van der Waals surface area contributed by atoms with Crippen molar-refractivity contribution in [2.45, 2.75) is 38.1 Å². The standard InChI is InChI=1S/C11H22N4O3S/c12-19(17,18)15-8-6-14(7-9-15)11(16)13-10-4-2-1-3-5-10/h10H,1-9H2,(H,13,16)(H2,12,17,18). The molecule has 8 heteroatoms. The average Bonchev–Trinajstić information content (AvgIpc) is 2.39. The predicted octanol–water partition coefficient (Wildman–Crippen LogP) is -0.150. The van der Waals surface area contributed by atoms with Gasteiger partial charge < -0.3 is 10.2 Å². The number of nitrogens with two attached hydrogens (primary N) is 1. The number of amides is 2. The largest absolute Gasteiger partial charge is 0.335 e. The molecule has 0 aromatic heterocycles. The second-order valence-corrected chi connectivity index (χ2v) is 6.76. The Morgan fingerprint density at radius 1 is 1.05 bits per heavy atom. The maximum Gasteiger partial charge on any atom is 0.317 e. The summed E-state index contributed by atoms with van der Waals surface area (Å²) in [6.07, 6.45) is 5.68. The Bertz CT molecular complexity index is 412. The van der Waals surface area contributed by atoms with Crippen molar-refractivity contribution < 1.29 is 13.2 Å². The van der Waals surface area contributed by atoms with Crippen molar-refractivity contribution in [2.75, 3.05) is 26.2 Å². The van der Waals surface area contributed by atoms with Gasteiger partial charge in [-0.05, 0) is 12.8 Å². The van der Waals surface area contributed by atoms with Gasteiger partial charge in [0, 0.05) is 32.2 Å². The molecule has 1 heterocycles. The second-order valence-electron chi connectivity index (χ2n) is 5.22. The summed E-state index contributed by atoms with van der Waals surface area (Å²) in [5, 5.41) is 8.09. The summed E-state index contributed by atoms with van der Waals surface area (Å²) in [5.41, 5.74) is 0. The lowest BCUT2D eigenvalue weighted by molar-refractivity contribution is 0.166. The predicted molar refractivity (Wildman–Crippen MR) is 71.7 cm³/mol. The Hall–Kier alpha value is -0.860. The molecule has 0 spiro atoms. The first-order valence-corrected chi connectivity index (χ1v) is 8.30. The van der Waals surface area contributed by atoms with E-state index >= 15 is 0 Å². The molecule has 0 aromatic rings. The van der Waals surface area contributed by atoms with Gasteiger partial charge >= 0.3 is 6.03 Å². The Kier molecular flexibility index (Phi) is 4.64. The normalized spacial score (nSPS) is 23.3. The van der Waals surface area contributed by atoms with Crippen molar-refractivity contribution >= 4 is 16.2 Å². The fourth-order valence-corrected chi connectivity index (χ4v) is 3.33. The number of carbonyl (C=O) groups is 1. The lowest BCUT2D eigenvalue weighted by Gasteiger charge is -2.34. The summed E-state index contributed by atoms with van der Waals surface area (Å²) in [5.74, 6) is 0. The molecular weight excluding hydrogens is 268 g/mol. The van der Waals surface area contributed by atoms with E-state index < -0.39 is 10.2 Å². The fourth-order valence-electron chi connectivity index (χ4n) is 2.66. The van der Waals surface area contributed by atoms with Gasteiger partial charge in [0.1, 0.15) is 0 Å². The van der Waals surface area contributed by atoms with Crippen molar-refractivity contribution in [3.05, 3.63) is 0 Å². The minimum atomic E-state index is -3.63. The minimum absolute atomic E-state index is 0.0824. The van der Waals surface area contributed by atoms with Crippen LogP contribution in [0.1, 0.15) is 32.1 Å². The summed E-state index contributed by atoms with van der Waals surface area (Å²) >= 11 is 0. The molecule has 1 aliphatic heterocycles. The lowest BCUT2D eigenvalue weighted by Crippen LogP contribution is -2.55. The zero-order chi connectivity index (χ0) is 13.9. The monoisotopic (exact) mass is 290 g/mol. The van der Waals surface area contributed by atoms with Crippen molar-refractivity contribution in [1.29, 1.82) is 0 Å². The van der Waals surface area contributed by atoms with Gasteiger partial charge in [-0.2, -0.15) is 12.7 Å². The van der Waals surface area contributed by atoms with E-state index in [0.717, 1.165) is 12.8 Å². The van der Waals surface area contributed by atoms with Gasteiger partial charge in [0.15, 0.2) is 0 Å². The van der Waals surface area contributed by atoms with Crippen molar-refractivity contribution in [3.8, 4) is 0 Å². The maximum atomic E-state index is 12.0. The molecule has 1 saturated heterocycles. The van der Waals surface area contributed by atoms with Crippen molar-refractivity contribution in [1.82, 2.24) is 14.5 Å². The lowest BCUT2D eigenvalue weighted by atomic mass is 9.96. The zero-order valence-electron chi connectivity index (χ0n) is 11.0. The van der Waals surface area contributed by atoms with Gasteiger partial charge in [-0.25, -0.2) is 9.93 Å². The number of nitrogens with zero attached hydrogens (tertiary/aromatic N) is 2. The third-order valence-electron chi connectivity index (χ3n) is 3.82. The zero-order valence-corrected chi connectivity index (χ0v) is 11.9. The average molecular weight is 290 g/mol. The molecule has 0 bridgehead atoms. The third-order valence-corrected chi connectivity index (χ3v) is 4.90. The van der Waals surface area contributed by atoms with Crippen LogP contribution in [0.4, 0.5) is 4.79 Å². The molecule has 0 unspecified atom stereocenters. The van der Waals surface area contributed by atoms with Crippen LogP contribution in [-0.4, -0.2) is 55.9 Å². The van der Waals surface area contributed by atoms with Gasteiger partial charge in [0.25, 0.3) is 10.2 Å². The van der Waals surface area contributed by atoms with Crippen LogP contribution >= 0.6 is 0 Å². The van der Waals surface area contributed by atoms with Crippen molar-refractivity contribution in [2.24, 2.45) is 5.14 Å². The number of carbonyl (C=O) groups excluding carboxylic acids is 1. The molecule has 2 aliphatic rings. The molecule has 3 N–H and O–H groups in total. The van der Waals surface area contributed by atoms with Gasteiger partial charge in [0.05, 0.1) is 0 Å². The summed E-state index contributed by atoms with van der Waals surface area (Å²) < 4.78 is 23.5. The Morgan fingerprint density at radius 3 is 2.16 bits per heavy atom. The fraction of sp³-hybridized carbons (Fsp3) is 0.909. The smallest absolute Gasteiger partial charge is 0.317 e. The Morgan fingerprint density at radius 2 is 1.63 bits per heavy atom. The molecule has 0 radical (unpaired) electrons. The summed E-state index contributed by atoms with van der Waals surface area (Å²) in [7, 11) is -3.63. The molecule has 1 aliphatic carbocycles. The first-order chi connectivity index (χ1) is 8.97. The summed E-state index contributed by atoms with van der Waals surface area (Å²) in [6, 6.07) is 0.193. The highest BCUT2D eigenvalue weighted by molar-refractivity contribution is 7.86. The molecule has 110 valence electrons. The molecule has 19 heavy (non-hydrogen) atoms. The molecule has 1 saturated carbocycles. The van der Waals surface area contributed by atoms with E-state index in [0.29, 0.717) is 13.1 Å². The van der Waals surface area contributed by atoms with E-state index in [1.54, 1.807) is 4.90 Å². The van der Waals surface area contributed by atoms with E-state index in [1.165, 1.54) is 23.6 Å². The van der Waals surface area contributed by atoms with Crippen LogP contribution in [0.2, 0.25) is 0 Å². The second kappa shape index (κ2) is 6.06. The first-order valence-electron chi connectivity index (χ1n) is 6.80. The highest BCUT2D eigenvalue weighted by Gasteiger charge is 2.27. The highest BCUT2D eigenvalue weighted by atomic mass is 32.2. The highest BCUT2D eigenvalue weighted by Crippen LogP contribution is 2.17. The first kappa shape index (κ1) is 14.5. The molecule has 2 fully saturated rings. The van der Waals surface area contributed by atoms with Gasteiger partial charge in [-0.3, -0.25) is 0 Å².